The molecule has 6 heteroatoms. The molecule has 1 saturated carbocycles. The second-order valence-electron chi connectivity index (χ2n) is 6.73. The summed E-state index contributed by atoms with van der Waals surface area (Å²) >= 11 is 0. The number of primary sulfonamides is 1. The minimum atomic E-state index is -3.75. The largest absolute Gasteiger partial charge is 0.348 e. The van der Waals surface area contributed by atoms with Gasteiger partial charge in [0.1, 0.15) is 0 Å². The molecule has 24 heavy (non-hydrogen) atoms. The van der Waals surface area contributed by atoms with Crippen molar-refractivity contribution in [2.45, 2.75) is 30.7 Å². The number of carbonyl (C=O) groups excluding carboxylic acids is 1. The second kappa shape index (κ2) is 5.72. The summed E-state index contributed by atoms with van der Waals surface area (Å²) in [5, 5.41) is 8.11. The molecule has 2 unspecified atom stereocenters. The van der Waals surface area contributed by atoms with Crippen LogP contribution in [0, 0.1) is 5.41 Å². The first kappa shape index (κ1) is 16.7. The maximum absolute atomic E-state index is 12.4. The monoisotopic (exact) mass is 344 g/mol. The Kier molecular flexibility index (Phi) is 3.97. The summed E-state index contributed by atoms with van der Waals surface area (Å²) in [5.41, 5.74) is 1.60. The van der Waals surface area contributed by atoms with E-state index in [1.54, 1.807) is 0 Å². The van der Waals surface area contributed by atoms with Gasteiger partial charge in [-0.2, -0.15) is 0 Å². The van der Waals surface area contributed by atoms with Crippen LogP contribution in [0.5, 0.6) is 0 Å². The summed E-state index contributed by atoms with van der Waals surface area (Å²) in [6.45, 7) is 4.25. The van der Waals surface area contributed by atoms with E-state index in [4.69, 9.17) is 5.14 Å². The number of hydrogen-bond acceptors (Lipinski definition) is 3. The third-order valence-electron chi connectivity index (χ3n) is 4.72. The van der Waals surface area contributed by atoms with Gasteiger partial charge < -0.3 is 5.32 Å². The van der Waals surface area contributed by atoms with Crippen LogP contribution in [0.2, 0.25) is 0 Å². The number of amides is 1. The number of sulfonamides is 1. The summed E-state index contributed by atoms with van der Waals surface area (Å²) < 4.78 is 22.5. The quantitative estimate of drug-likeness (QED) is 0.891. The molecule has 1 aliphatic carbocycles. The van der Waals surface area contributed by atoms with Gasteiger partial charge in [0.25, 0.3) is 5.91 Å². The van der Waals surface area contributed by atoms with Gasteiger partial charge in [-0.25, -0.2) is 13.6 Å². The van der Waals surface area contributed by atoms with Crippen LogP contribution >= 0.6 is 0 Å². The maximum Gasteiger partial charge on any atom is 0.251 e. The Morgan fingerprint density at radius 3 is 2.17 bits per heavy atom. The third kappa shape index (κ3) is 3.07. The molecule has 2 atom stereocenters. The number of nitrogens with one attached hydrogen (secondary N) is 1. The SMILES string of the molecule is CC1(C)C(NC(=O)c2ccc(S(N)(=O)=O)cc2)C1c1ccccc1. The number of benzene rings is 2. The summed E-state index contributed by atoms with van der Waals surface area (Å²) in [6, 6.07) is 15.8. The topological polar surface area (TPSA) is 89.3 Å². The lowest BCUT2D eigenvalue weighted by Crippen LogP contribution is -2.28. The lowest BCUT2D eigenvalue weighted by Gasteiger charge is -2.07. The van der Waals surface area contributed by atoms with E-state index in [9.17, 15) is 13.2 Å². The van der Waals surface area contributed by atoms with E-state index < -0.39 is 10.0 Å². The Labute approximate surface area is 141 Å². The molecule has 0 saturated heterocycles. The molecule has 0 heterocycles. The molecular weight excluding hydrogens is 324 g/mol. The van der Waals surface area contributed by atoms with E-state index in [0.717, 1.165) is 0 Å². The summed E-state index contributed by atoms with van der Waals surface area (Å²) in [6.07, 6.45) is 0. The van der Waals surface area contributed by atoms with Gasteiger partial charge in [0.05, 0.1) is 4.90 Å². The van der Waals surface area contributed by atoms with E-state index in [-0.39, 0.29) is 28.2 Å². The number of rotatable bonds is 4. The van der Waals surface area contributed by atoms with Crippen LogP contribution in [0.1, 0.15) is 35.7 Å². The van der Waals surface area contributed by atoms with Crippen molar-refractivity contribution in [3.05, 3.63) is 65.7 Å². The van der Waals surface area contributed by atoms with E-state index >= 15 is 0 Å². The lowest BCUT2D eigenvalue weighted by molar-refractivity contribution is 0.0946. The molecule has 126 valence electrons. The maximum atomic E-state index is 12.4. The lowest BCUT2D eigenvalue weighted by atomic mass is 10.0. The van der Waals surface area contributed by atoms with Crippen LogP contribution in [0.25, 0.3) is 0 Å². The van der Waals surface area contributed by atoms with Crippen molar-refractivity contribution in [3.8, 4) is 0 Å². The average Bonchev–Trinajstić information content (AvgIpc) is 3.08. The zero-order chi connectivity index (χ0) is 17.5. The molecule has 1 fully saturated rings. The predicted molar refractivity (Wildman–Crippen MR) is 92.0 cm³/mol. The van der Waals surface area contributed by atoms with Crippen LogP contribution in [-0.4, -0.2) is 20.4 Å². The van der Waals surface area contributed by atoms with Crippen molar-refractivity contribution < 1.29 is 13.2 Å². The van der Waals surface area contributed by atoms with Crippen molar-refractivity contribution >= 4 is 15.9 Å². The minimum absolute atomic E-state index is 0.00651. The van der Waals surface area contributed by atoms with Crippen LogP contribution in [0.3, 0.4) is 0 Å². The molecule has 2 aromatic rings. The Balaban J connectivity index is 1.74. The molecule has 0 aromatic heterocycles. The molecule has 0 bridgehead atoms. The molecule has 1 aliphatic rings. The fourth-order valence-corrected chi connectivity index (χ4v) is 3.73. The fraction of sp³-hybridized carbons (Fsp3) is 0.278. The van der Waals surface area contributed by atoms with Gasteiger partial charge in [0, 0.05) is 17.5 Å². The third-order valence-corrected chi connectivity index (χ3v) is 5.65. The normalized spacial score (nSPS) is 22.0. The zero-order valence-electron chi connectivity index (χ0n) is 13.6. The average molecular weight is 344 g/mol. The summed E-state index contributed by atoms with van der Waals surface area (Å²) in [7, 11) is -3.75. The van der Waals surface area contributed by atoms with E-state index in [1.165, 1.54) is 29.8 Å². The van der Waals surface area contributed by atoms with Crippen molar-refractivity contribution in [1.82, 2.24) is 5.32 Å². The van der Waals surface area contributed by atoms with Gasteiger partial charge in [-0.3, -0.25) is 4.79 Å². The highest BCUT2D eigenvalue weighted by Crippen LogP contribution is 2.58. The molecule has 0 spiro atoms. The minimum Gasteiger partial charge on any atom is -0.348 e. The Hall–Kier alpha value is -2.18. The van der Waals surface area contributed by atoms with Crippen LogP contribution < -0.4 is 10.5 Å². The smallest absolute Gasteiger partial charge is 0.251 e. The van der Waals surface area contributed by atoms with E-state index in [2.05, 4.69) is 31.3 Å². The Morgan fingerprint density at radius 2 is 1.62 bits per heavy atom. The molecule has 3 rings (SSSR count). The molecule has 1 amide bonds. The molecule has 0 radical (unpaired) electrons. The Morgan fingerprint density at radius 1 is 1.04 bits per heavy atom. The first-order valence-corrected chi connectivity index (χ1v) is 9.24. The van der Waals surface area contributed by atoms with Gasteiger partial charge >= 0.3 is 0 Å². The van der Waals surface area contributed by atoms with Gasteiger partial charge in [0.2, 0.25) is 10.0 Å². The number of hydrogen-bond donors (Lipinski definition) is 2. The molecular formula is C18H20N2O3S. The standard InChI is InChI=1S/C18H20N2O3S/c1-18(2)15(12-6-4-3-5-7-12)16(18)20-17(21)13-8-10-14(11-9-13)24(19,22)23/h3-11,15-16H,1-2H3,(H,20,21)(H2,19,22,23). The predicted octanol–water partition coefficient (Wildman–Crippen LogP) is 2.26. The van der Waals surface area contributed by atoms with Crippen LogP contribution in [0.15, 0.2) is 59.5 Å². The van der Waals surface area contributed by atoms with Crippen LogP contribution in [-0.2, 0) is 10.0 Å². The molecule has 3 N–H and O–H groups in total. The van der Waals surface area contributed by atoms with Crippen molar-refractivity contribution in [2.24, 2.45) is 10.6 Å². The Bertz CT molecular complexity index is 859. The highest BCUT2D eigenvalue weighted by Gasteiger charge is 2.59. The fourth-order valence-electron chi connectivity index (χ4n) is 3.21. The molecule has 5 nitrogen and oxygen atoms in total. The number of nitrogens with two attached hydrogens (primary N) is 1. The first-order valence-electron chi connectivity index (χ1n) is 7.70. The first-order chi connectivity index (χ1) is 11.2. The van der Waals surface area contributed by atoms with Gasteiger partial charge in [-0.15, -0.1) is 0 Å². The highest BCUT2D eigenvalue weighted by atomic mass is 32.2. The summed E-state index contributed by atoms with van der Waals surface area (Å²) in [5.74, 6) is 0.0545. The molecule has 0 aliphatic heterocycles. The van der Waals surface area contributed by atoms with E-state index in [1.807, 2.05) is 18.2 Å². The van der Waals surface area contributed by atoms with Crippen molar-refractivity contribution in [2.75, 3.05) is 0 Å². The van der Waals surface area contributed by atoms with Gasteiger partial charge in [-0.05, 0) is 35.2 Å². The van der Waals surface area contributed by atoms with Gasteiger partial charge in [0.15, 0.2) is 0 Å². The summed E-state index contributed by atoms with van der Waals surface area (Å²) in [4.78, 5) is 12.4. The second-order valence-corrected chi connectivity index (χ2v) is 8.29. The highest BCUT2D eigenvalue weighted by molar-refractivity contribution is 7.89. The zero-order valence-corrected chi connectivity index (χ0v) is 14.4. The van der Waals surface area contributed by atoms with Crippen molar-refractivity contribution in [3.63, 3.8) is 0 Å². The van der Waals surface area contributed by atoms with Gasteiger partial charge in [-0.1, -0.05) is 44.2 Å². The van der Waals surface area contributed by atoms with E-state index in [0.29, 0.717) is 5.56 Å². The van der Waals surface area contributed by atoms with Crippen LogP contribution in [0.4, 0.5) is 0 Å². The number of carbonyl (C=O) groups is 1. The molecule has 2 aromatic carbocycles. The van der Waals surface area contributed by atoms with Crippen molar-refractivity contribution in [1.29, 1.82) is 0 Å².